The predicted molar refractivity (Wildman–Crippen MR) is 113 cm³/mol. The van der Waals surface area contributed by atoms with Crippen molar-refractivity contribution in [2.75, 3.05) is 31.2 Å². The molecule has 3 aliphatic carbocycles. The Morgan fingerprint density at radius 3 is 2.54 bits per heavy atom. The normalized spacial score (nSPS) is 33.6. The van der Waals surface area contributed by atoms with Gasteiger partial charge in [-0.05, 0) is 80.4 Å². The van der Waals surface area contributed by atoms with Gasteiger partial charge in [-0.2, -0.15) is 0 Å². The molecule has 0 radical (unpaired) electrons. The number of fused-ring (bicyclic) bond motifs is 2. The van der Waals surface area contributed by atoms with Gasteiger partial charge in [-0.25, -0.2) is 0 Å². The van der Waals surface area contributed by atoms with E-state index in [1.54, 1.807) is 0 Å². The van der Waals surface area contributed by atoms with Crippen LogP contribution in [0.15, 0.2) is 30.3 Å². The lowest BCUT2D eigenvalue weighted by Crippen LogP contribution is -2.57. The number of benzene rings is 1. The van der Waals surface area contributed by atoms with Crippen molar-refractivity contribution in [2.45, 2.75) is 57.9 Å². The summed E-state index contributed by atoms with van der Waals surface area (Å²) in [5, 5.41) is 3.12. The maximum Gasteiger partial charge on any atom is 0.247 e. The van der Waals surface area contributed by atoms with Gasteiger partial charge in [0, 0.05) is 18.8 Å². The molecule has 1 N–H and O–H groups in total. The smallest absolute Gasteiger partial charge is 0.247 e. The number of rotatable bonds is 4. The number of carbonyl (C=O) groups is 1. The molecular weight excluding hydrogens is 346 g/mol. The Hall–Kier alpha value is -1.55. The summed E-state index contributed by atoms with van der Waals surface area (Å²) in [6.45, 7) is 8.94. The van der Waals surface area contributed by atoms with Crippen molar-refractivity contribution in [2.24, 2.45) is 23.2 Å². The summed E-state index contributed by atoms with van der Waals surface area (Å²) in [7, 11) is 0. The minimum absolute atomic E-state index is 0.227. The number of nitrogens with one attached hydrogen (secondary N) is 1. The van der Waals surface area contributed by atoms with Gasteiger partial charge in [0.05, 0.1) is 6.67 Å². The van der Waals surface area contributed by atoms with Crippen LogP contribution in [0.5, 0.6) is 0 Å². The molecule has 0 unspecified atom stereocenters. The van der Waals surface area contributed by atoms with Gasteiger partial charge in [-0.15, -0.1) is 0 Å². The van der Waals surface area contributed by atoms with Gasteiger partial charge < -0.3 is 15.1 Å². The molecule has 1 spiro atoms. The standard InChI is InChI=1S/C24H35N3O/c1-23(2)19-9-8-18(21(23)16-19)10-13-26-14-11-24(12-15-26)22(28)25-17-27(24)20-6-4-3-5-7-20/h3-7,18-19,21H,8-17H2,1-2H3,(H,25,28)/t18-,19-,21-/m0/s1. The highest BCUT2D eigenvalue weighted by Gasteiger charge is 2.54. The summed E-state index contributed by atoms with van der Waals surface area (Å²) in [6, 6.07) is 10.4. The first kappa shape index (κ1) is 18.5. The second kappa shape index (κ2) is 6.76. The largest absolute Gasteiger partial charge is 0.339 e. The molecule has 2 aliphatic heterocycles. The molecule has 3 saturated carbocycles. The van der Waals surface area contributed by atoms with Gasteiger partial charge in [-0.3, -0.25) is 4.79 Å². The monoisotopic (exact) mass is 381 g/mol. The Labute approximate surface area is 169 Å². The third-order valence-corrected chi connectivity index (χ3v) is 8.91. The van der Waals surface area contributed by atoms with Gasteiger partial charge in [0.15, 0.2) is 0 Å². The number of amides is 1. The molecule has 2 saturated heterocycles. The van der Waals surface area contributed by atoms with Crippen LogP contribution < -0.4 is 10.2 Å². The van der Waals surface area contributed by atoms with E-state index in [0.717, 1.165) is 43.7 Å². The summed E-state index contributed by atoms with van der Waals surface area (Å²) in [5.41, 5.74) is 1.41. The first-order chi connectivity index (χ1) is 13.5. The van der Waals surface area contributed by atoms with Crippen LogP contribution in [0.2, 0.25) is 0 Å². The van der Waals surface area contributed by atoms with E-state index in [-0.39, 0.29) is 11.4 Å². The van der Waals surface area contributed by atoms with Crippen molar-refractivity contribution in [1.82, 2.24) is 10.2 Å². The van der Waals surface area contributed by atoms with Crippen LogP contribution >= 0.6 is 0 Å². The molecule has 1 aromatic carbocycles. The highest BCUT2D eigenvalue weighted by atomic mass is 16.2. The van der Waals surface area contributed by atoms with Gasteiger partial charge in [-0.1, -0.05) is 32.0 Å². The van der Waals surface area contributed by atoms with Crippen molar-refractivity contribution in [3.8, 4) is 0 Å². The molecule has 4 nitrogen and oxygen atoms in total. The Morgan fingerprint density at radius 2 is 1.86 bits per heavy atom. The maximum atomic E-state index is 12.8. The first-order valence-corrected chi connectivity index (χ1v) is 11.3. The number of likely N-dealkylation sites (tertiary alicyclic amines) is 1. The average molecular weight is 382 g/mol. The molecule has 1 amide bonds. The van der Waals surface area contributed by atoms with E-state index >= 15 is 0 Å². The van der Waals surface area contributed by atoms with Crippen LogP contribution in [0.3, 0.4) is 0 Å². The molecule has 6 rings (SSSR count). The number of para-hydroxylation sites is 1. The zero-order chi connectivity index (χ0) is 19.4. The van der Waals surface area contributed by atoms with Crippen LogP contribution in [0.25, 0.3) is 0 Å². The van der Waals surface area contributed by atoms with Gasteiger partial charge in [0.2, 0.25) is 5.91 Å². The van der Waals surface area contributed by atoms with Crippen LogP contribution in [0.1, 0.15) is 52.4 Å². The highest BCUT2D eigenvalue weighted by Crippen LogP contribution is 2.62. The highest BCUT2D eigenvalue weighted by molar-refractivity contribution is 5.93. The maximum absolute atomic E-state index is 12.8. The zero-order valence-corrected chi connectivity index (χ0v) is 17.5. The van der Waals surface area contributed by atoms with Crippen molar-refractivity contribution in [1.29, 1.82) is 0 Å². The minimum atomic E-state index is -0.341. The summed E-state index contributed by atoms with van der Waals surface area (Å²) >= 11 is 0. The molecule has 5 fully saturated rings. The van der Waals surface area contributed by atoms with Gasteiger partial charge in [0.1, 0.15) is 5.54 Å². The van der Waals surface area contributed by atoms with E-state index in [9.17, 15) is 4.79 Å². The third kappa shape index (κ3) is 2.79. The van der Waals surface area contributed by atoms with Gasteiger partial charge in [0.25, 0.3) is 0 Å². The Bertz CT molecular complexity index is 721. The topological polar surface area (TPSA) is 35.6 Å². The molecule has 152 valence electrons. The summed E-state index contributed by atoms with van der Waals surface area (Å²) in [5.74, 6) is 3.10. The fraction of sp³-hybridized carbons (Fsp3) is 0.708. The van der Waals surface area contributed by atoms with E-state index in [1.165, 1.54) is 37.9 Å². The predicted octanol–water partition coefficient (Wildman–Crippen LogP) is 3.88. The van der Waals surface area contributed by atoms with Crippen molar-refractivity contribution in [3.05, 3.63) is 30.3 Å². The van der Waals surface area contributed by atoms with Gasteiger partial charge >= 0.3 is 0 Å². The molecule has 4 heteroatoms. The second-order valence-corrected chi connectivity index (χ2v) is 10.3. The second-order valence-electron chi connectivity index (χ2n) is 10.3. The average Bonchev–Trinajstić information content (AvgIpc) is 3.04. The molecular formula is C24H35N3O. The number of hydrogen-bond donors (Lipinski definition) is 1. The Morgan fingerprint density at radius 1 is 1.11 bits per heavy atom. The van der Waals surface area contributed by atoms with Crippen LogP contribution in [0.4, 0.5) is 5.69 Å². The number of nitrogens with zero attached hydrogens (tertiary/aromatic N) is 2. The fourth-order valence-corrected chi connectivity index (χ4v) is 6.84. The van der Waals surface area contributed by atoms with E-state index in [1.807, 2.05) is 6.07 Å². The van der Waals surface area contributed by atoms with Crippen LogP contribution in [0, 0.1) is 23.2 Å². The minimum Gasteiger partial charge on any atom is -0.339 e. The zero-order valence-electron chi connectivity index (χ0n) is 17.5. The fourth-order valence-electron chi connectivity index (χ4n) is 6.84. The molecule has 28 heavy (non-hydrogen) atoms. The first-order valence-electron chi connectivity index (χ1n) is 11.3. The molecule has 2 bridgehead atoms. The van der Waals surface area contributed by atoms with Crippen LogP contribution in [-0.2, 0) is 4.79 Å². The summed E-state index contributed by atoms with van der Waals surface area (Å²) < 4.78 is 0. The number of carbonyl (C=O) groups excluding carboxylic acids is 1. The van der Waals surface area contributed by atoms with E-state index in [2.05, 4.69) is 53.2 Å². The SMILES string of the molecule is CC1(C)[C@H]2CC[C@@H](CCN3CCC4(CC3)C(=O)NCN4c3ccccc3)[C@@H]1C2. The number of hydrogen-bond acceptors (Lipinski definition) is 3. The lowest BCUT2D eigenvalue weighted by atomic mass is 9.45. The molecule has 0 aromatic heterocycles. The lowest BCUT2D eigenvalue weighted by Gasteiger charge is -2.60. The van der Waals surface area contributed by atoms with Crippen molar-refractivity contribution in [3.63, 3.8) is 0 Å². The van der Waals surface area contributed by atoms with Crippen LogP contribution in [-0.4, -0.2) is 42.6 Å². The van der Waals surface area contributed by atoms with Crippen molar-refractivity contribution >= 4 is 11.6 Å². The van der Waals surface area contributed by atoms with E-state index in [4.69, 9.17) is 0 Å². The molecule has 2 heterocycles. The number of anilines is 1. The molecule has 3 atom stereocenters. The number of piperidine rings is 1. The van der Waals surface area contributed by atoms with Crippen molar-refractivity contribution < 1.29 is 4.79 Å². The Kier molecular flexibility index (Phi) is 4.46. The summed E-state index contributed by atoms with van der Waals surface area (Å²) in [4.78, 5) is 17.7. The Balaban J connectivity index is 1.20. The quantitative estimate of drug-likeness (QED) is 0.860. The lowest BCUT2D eigenvalue weighted by molar-refractivity contribution is -0.125. The third-order valence-electron chi connectivity index (χ3n) is 8.91. The van der Waals surface area contributed by atoms with E-state index in [0.29, 0.717) is 12.1 Å². The molecule has 1 aromatic rings. The summed E-state index contributed by atoms with van der Waals surface area (Å²) in [6.07, 6.45) is 7.60. The molecule has 5 aliphatic rings. The van der Waals surface area contributed by atoms with E-state index < -0.39 is 0 Å².